The van der Waals surface area contributed by atoms with Crippen LogP contribution < -0.4 is 26.0 Å². The van der Waals surface area contributed by atoms with Gasteiger partial charge in [0, 0.05) is 36.4 Å². The molecule has 0 bridgehead atoms. The van der Waals surface area contributed by atoms with Gasteiger partial charge in [0.15, 0.2) is 0 Å². The van der Waals surface area contributed by atoms with Crippen LogP contribution in [0, 0.1) is 0 Å². The smallest absolute Gasteiger partial charge is 0.319 e. The minimum Gasteiger partial charge on any atom is -0.508 e. The molecule has 1 fully saturated rings. The first-order chi connectivity index (χ1) is 18.6. The topological polar surface area (TPSA) is 99.9 Å². The van der Waals surface area contributed by atoms with Crippen LogP contribution in [0.15, 0.2) is 60.7 Å². The molecule has 0 radical (unpaired) electrons. The van der Waals surface area contributed by atoms with E-state index in [9.17, 15) is 9.90 Å². The fraction of sp³-hybridized carbons (Fsp3) is 0.406. The number of nitrogen functional groups attached to an aromatic ring is 1. The number of piperidine rings is 1. The van der Waals surface area contributed by atoms with Gasteiger partial charge < -0.3 is 31.1 Å². The highest BCUT2D eigenvalue weighted by Crippen LogP contribution is 2.40. The summed E-state index contributed by atoms with van der Waals surface area (Å²) in [6, 6.07) is 19.1. The predicted octanol–water partition coefficient (Wildman–Crippen LogP) is 6.59. The standard InChI is InChI=1S/C32H42N4O3/c1-21(2)26-18-24(33)19-27(22(3)4)30(26)35-31(38)34-20-32(23-9-8-10-25(37)17-23)13-15-36(16-14-32)28-11-6-7-12-29(28)39-5/h6-12,17-19,21-22,37H,13-16,20,33H2,1-5H3,(H2,34,35,38). The van der Waals surface area contributed by atoms with E-state index >= 15 is 0 Å². The van der Waals surface area contributed by atoms with Gasteiger partial charge in [0.2, 0.25) is 0 Å². The number of nitrogens with one attached hydrogen (secondary N) is 2. The Balaban J connectivity index is 1.56. The molecule has 3 aromatic carbocycles. The lowest BCUT2D eigenvalue weighted by molar-refractivity contribution is 0.244. The Kier molecular flexibility index (Phi) is 8.58. The van der Waals surface area contributed by atoms with Gasteiger partial charge in [0.05, 0.1) is 12.8 Å². The van der Waals surface area contributed by atoms with Crippen LogP contribution in [0.5, 0.6) is 11.5 Å². The van der Waals surface area contributed by atoms with Crippen molar-refractivity contribution < 1.29 is 14.6 Å². The van der Waals surface area contributed by atoms with Crippen molar-refractivity contribution in [2.75, 3.05) is 42.7 Å². The Labute approximate surface area is 232 Å². The van der Waals surface area contributed by atoms with E-state index in [1.807, 2.05) is 48.5 Å². The van der Waals surface area contributed by atoms with Gasteiger partial charge in [-0.1, -0.05) is 52.0 Å². The summed E-state index contributed by atoms with van der Waals surface area (Å²) in [7, 11) is 1.69. The molecule has 1 heterocycles. The number of urea groups is 1. The number of carbonyl (C=O) groups excluding carboxylic acids is 1. The number of hydrogen-bond acceptors (Lipinski definition) is 5. The van der Waals surface area contributed by atoms with Crippen molar-refractivity contribution in [1.82, 2.24) is 5.32 Å². The van der Waals surface area contributed by atoms with Crippen LogP contribution in [-0.2, 0) is 5.41 Å². The number of para-hydroxylation sites is 2. The van der Waals surface area contributed by atoms with Crippen LogP contribution in [0.3, 0.4) is 0 Å². The number of methoxy groups -OCH3 is 1. The average molecular weight is 531 g/mol. The Hall–Kier alpha value is -3.87. The monoisotopic (exact) mass is 530 g/mol. The summed E-state index contributed by atoms with van der Waals surface area (Å²) >= 11 is 0. The maximum atomic E-state index is 13.4. The van der Waals surface area contributed by atoms with E-state index in [4.69, 9.17) is 10.5 Å². The van der Waals surface area contributed by atoms with Crippen LogP contribution >= 0.6 is 0 Å². The van der Waals surface area contributed by atoms with Gasteiger partial charge in [-0.15, -0.1) is 0 Å². The second-order valence-corrected chi connectivity index (χ2v) is 11.2. The van der Waals surface area contributed by atoms with Gasteiger partial charge in [-0.25, -0.2) is 4.79 Å². The van der Waals surface area contributed by atoms with Crippen molar-refractivity contribution in [2.45, 2.75) is 57.8 Å². The molecule has 39 heavy (non-hydrogen) atoms. The average Bonchev–Trinajstić information content (AvgIpc) is 2.92. The predicted molar refractivity (Wildman–Crippen MR) is 160 cm³/mol. The van der Waals surface area contributed by atoms with Gasteiger partial charge >= 0.3 is 6.03 Å². The first kappa shape index (κ1) is 28.1. The second kappa shape index (κ2) is 11.9. The third-order valence-electron chi connectivity index (χ3n) is 7.90. The molecule has 0 aromatic heterocycles. The van der Waals surface area contributed by atoms with Gasteiger partial charge in [-0.3, -0.25) is 0 Å². The number of anilines is 3. The van der Waals surface area contributed by atoms with E-state index in [-0.39, 0.29) is 29.0 Å². The SMILES string of the molecule is COc1ccccc1N1CCC(CNC(=O)Nc2c(C(C)C)cc(N)cc2C(C)C)(c2cccc(O)c2)CC1. The molecule has 1 aliphatic rings. The molecule has 4 rings (SSSR count). The molecule has 7 nitrogen and oxygen atoms in total. The maximum Gasteiger partial charge on any atom is 0.319 e. The number of rotatable bonds is 8. The molecule has 7 heteroatoms. The van der Waals surface area contributed by atoms with E-state index < -0.39 is 0 Å². The zero-order valence-corrected chi connectivity index (χ0v) is 23.8. The lowest BCUT2D eigenvalue weighted by atomic mass is 9.72. The lowest BCUT2D eigenvalue weighted by Gasteiger charge is -2.43. The molecule has 0 aliphatic carbocycles. The van der Waals surface area contributed by atoms with Crippen molar-refractivity contribution in [2.24, 2.45) is 0 Å². The summed E-state index contributed by atoms with van der Waals surface area (Å²) in [5.74, 6) is 1.50. The normalized spacial score (nSPS) is 14.9. The third kappa shape index (κ3) is 6.24. The van der Waals surface area contributed by atoms with Crippen molar-refractivity contribution in [3.63, 3.8) is 0 Å². The number of phenolic OH excluding ortho intramolecular Hbond substituents is 1. The van der Waals surface area contributed by atoms with Crippen molar-refractivity contribution in [3.8, 4) is 11.5 Å². The largest absolute Gasteiger partial charge is 0.508 e. The third-order valence-corrected chi connectivity index (χ3v) is 7.90. The molecule has 1 aliphatic heterocycles. The first-order valence-corrected chi connectivity index (χ1v) is 13.8. The molecule has 0 saturated carbocycles. The van der Waals surface area contributed by atoms with E-state index in [0.717, 1.165) is 59.7 Å². The summed E-state index contributed by atoms with van der Waals surface area (Å²) in [5, 5.41) is 16.6. The molecule has 5 N–H and O–H groups in total. The number of nitrogens with two attached hydrogens (primary N) is 1. The molecular weight excluding hydrogens is 488 g/mol. The summed E-state index contributed by atoms with van der Waals surface area (Å²) in [6.45, 7) is 10.5. The minimum absolute atomic E-state index is 0.208. The summed E-state index contributed by atoms with van der Waals surface area (Å²) in [5.41, 5.74) is 11.6. The Morgan fingerprint density at radius 3 is 2.23 bits per heavy atom. The van der Waals surface area contributed by atoms with E-state index in [2.05, 4.69) is 49.3 Å². The number of aromatic hydroxyl groups is 1. The van der Waals surface area contributed by atoms with Gasteiger partial charge in [0.25, 0.3) is 0 Å². The zero-order chi connectivity index (χ0) is 28.2. The molecule has 1 saturated heterocycles. The van der Waals surface area contributed by atoms with Crippen molar-refractivity contribution in [3.05, 3.63) is 77.4 Å². The molecular formula is C32H42N4O3. The summed E-state index contributed by atoms with van der Waals surface area (Å²) in [4.78, 5) is 15.7. The lowest BCUT2D eigenvalue weighted by Crippen LogP contribution is -2.49. The Morgan fingerprint density at radius 2 is 1.64 bits per heavy atom. The first-order valence-electron chi connectivity index (χ1n) is 13.8. The van der Waals surface area contributed by atoms with Crippen molar-refractivity contribution >= 4 is 23.1 Å². The molecule has 0 unspecified atom stereocenters. The number of ether oxygens (including phenoxy) is 1. The van der Waals surface area contributed by atoms with E-state index in [1.54, 1.807) is 13.2 Å². The number of phenols is 1. The van der Waals surface area contributed by atoms with Crippen LogP contribution in [0.1, 0.15) is 69.1 Å². The van der Waals surface area contributed by atoms with Crippen LogP contribution in [0.2, 0.25) is 0 Å². The van der Waals surface area contributed by atoms with Crippen LogP contribution in [0.25, 0.3) is 0 Å². The molecule has 0 atom stereocenters. The number of benzene rings is 3. The van der Waals surface area contributed by atoms with Crippen LogP contribution in [-0.4, -0.2) is 37.9 Å². The molecule has 2 amide bonds. The molecule has 0 spiro atoms. The number of amides is 2. The number of hydrogen-bond donors (Lipinski definition) is 4. The fourth-order valence-electron chi connectivity index (χ4n) is 5.64. The van der Waals surface area contributed by atoms with Gasteiger partial charge in [-0.05, 0) is 77.8 Å². The van der Waals surface area contributed by atoms with E-state index in [1.165, 1.54) is 0 Å². The fourth-order valence-corrected chi connectivity index (χ4v) is 5.64. The van der Waals surface area contributed by atoms with Gasteiger partial charge in [0.1, 0.15) is 11.5 Å². The van der Waals surface area contributed by atoms with Crippen molar-refractivity contribution in [1.29, 1.82) is 0 Å². The van der Waals surface area contributed by atoms with Gasteiger partial charge in [-0.2, -0.15) is 0 Å². The quantitative estimate of drug-likeness (QED) is 0.246. The number of nitrogens with zero attached hydrogens (tertiary/aromatic N) is 1. The highest BCUT2D eigenvalue weighted by atomic mass is 16.5. The molecule has 208 valence electrons. The zero-order valence-electron chi connectivity index (χ0n) is 23.8. The van der Waals surface area contributed by atoms with Crippen LogP contribution in [0.4, 0.5) is 21.9 Å². The highest BCUT2D eigenvalue weighted by Gasteiger charge is 2.37. The Morgan fingerprint density at radius 1 is 1.00 bits per heavy atom. The summed E-state index contributed by atoms with van der Waals surface area (Å²) in [6.07, 6.45) is 1.62. The Bertz CT molecular complexity index is 1270. The number of carbonyl (C=O) groups is 1. The maximum absolute atomic E-state index is 13.4. The summed E-state index contributed by atoms with van der Waals surface area (Å²) < 4.78 is 5.60. The molecule has 3 aromatic rings. The van der Waals surface area contributed by atoms with E-state index in [0.29, 0.717) is 12.2 Å². The second-order valence-electron chi connectivity index (χ2n) is 11.2. The highest BCUT2D eigenvalue weighted by molar-refractivity contribution is 5.92. The minimum atomic E-state index is -0.322.